The van der Waals surface area contributed by atoms with Gasteiger partial charge in [-0.05, 0) is 53.9 Å². The molecule has 0 aliphatic heterocycles. The second-order valence-electron chi connectivity index (χ2n) is 6.88. The Morgan fingerprint density at radius 3 is 2.45 bits per heavy atom. The van der Waals surface area contributed by atoms with Gasteiger partial charge in [0.25, 0.3) is 5.91 Å². The maximum Gasteiger partial charge on any atom is 0.265 e. The van der Waals surface area contributed by atoms with E-state index in [9.17, 15) is 13.2 Å². The maximum atomic E-state index is 12.8. The molecule has 0 saturated heterocycles. The summed E-state index contributed by atoms with van der Waals surface area (Å²) in [5, 5.41) is 4.36. The molecule has 2 heterocycles. The number of halogens is 3. The Morgan fingerprint density at radius 2 is 1.76 bits per heavy atom. The Hall–Kier alpha value is -2.56. The summed E-state index contributed by atoms with van der Waals surface area (Å²) in [5.41, 5.74) is 0.625. The van der Waals surface area contributed by atoms with Crippen LogP contribution in [-0.4, -0.2) is 25.6 Å². The number of benzene rings is 2. The number of fused-ring (bicyclic) bond motifs is 1. The van der Waals surface area contributed by atoms with Gasteiger partial charge in [-0.3, -0.25) is 9.52 Å². The van der Waals surface area contributed by atoms with Gasteiger partial charge in [0.05, 0.1) is 21.8 Å². The van der Waals surface area contributed by atoms with Crippen LogP contribution in [0.4, 0.5) is 11.4 Å². The summed E-state index contributed by atoms with van der Waals surface area (Å²) in [6.07, 6.45) is 1.03. The number of nitrogens with zero attached hydrogens (tertiary/aromatic N) is 1. The Balaban J connectivity index is 1.56. The summed E-state index contributed by atoms with van der Waals surface area (Å²) in [7, 11) is -3.50. The fourth-order valence-corrected chi connectivity index (χ4v) is 5.07. The number of carbonyl (C=O) groups excluding carboxylic acids is 1. The number of pyridine rings is 1. The van der Waals surface area contributed by atoms with E-state index in [-0.39, 0.29) is 27.7 Å². The van der Waals surface area contributed by atoms with Crippen molar-refractivity contribution < 1.29 is 17.9 Å². The van der Waals surface area contributed by atoms with Gasteiger partial charge in [0.15, 0.2) is 0 Å². The number of sulfonamides is 1. The molecule has 2 aromatic heterocycles. The first-order valence-corrected chi connectivity index (χ1v) is 13.0. The van der Waals surface area contributed by atoms with Crippen LogP contribution in [0.5, 0.6) is 11.6 Å². The normalized spacial score (nSPS) is 11.4. The van der Waals surface area contributed by atoms with Gasteiger partial charge in [0.1, 0.15) is 10.9 Å². The van der Waals surface area contributed by atoms with Crippen molar-refractivity contribution in [2.75, 3.05) is 16.3 Å². The Morgan fingerprint density at radius 1 is 1.03 bits per heavy atom. The Kier molecular flexibility index (Phi) is 6.69. The first kappa shape index (κ1) is 23.6. The van der Waals surface area contributed by atoms with Crippen molar-refractivity contribution >= 4 is 83.5 Å². The molecule has 7 nitrogen and oxygen atoms in total. The van der Waals surface area contributed by atoms with Gasteiger partial charge >= 0.3 is 0 Å². The van der Waals surface area contributed by atoms with Crippen LogP contribution in [0.25, 0.3) is 10.1 Å². The van der Waals surface area contributed by atoms with Crippen LogP contribution in [0.2, 0.25) is 15.2 Å². The highest BCUT2D eigenvalue weighted by atomic mass is 35.5. The fraction of sp³-hybridized carbons (Fsp3) is 0.0476. The summed E-state index contributed by atoms with van der Waals surface area (Å²) in [6.45, 7) is 0. The van der Waals surface area contributed by atoms with Crippen molar-refractivity contribution in [1.82, 2.24) is 4.98 Å². The van der Waals surface area contributed by atoms with Crippen molar-refractivity contribution in [1.29, 1.82) is 0 Å². The zero-order valence-electron chi connectivity index (χ0n) is 16.7. The number of amides is 1. The van der Waals surface area contributed by atoms with E-state index >= 15 is 0 Å². The highest BCUT2D eigenvalue weighted by molar-refractivity contribution is 7.92. The second kappa shape index (κ2) is 9.36. The van der Waals surface area contributed by atoms with E-state index in [1.807, 2.05) is 0 Å². The number of nitrogens with one attached hydrogen (secondary N) is 2. The SMILES string of the molecule is CS(=O)(=O)Nc1cc2cc(C(=O)Nc3cc(Cl)nc(Oc4ccc(Cl)cc4)c3)sc2cc1Cl. The molecule has 2 N–H and O–H groups in total. The van der Waals surface area contributed by atoms with Gasteiger partial charge in [-0.2, -0.15) is 0 Å². The molecule has 0 aliphatic rings. The number of aromatic nitrogens is 1. The minimum absolute atomic E-state index is 0.136. The summed E-state index contributed by atoms with van der Waals surface area (Å²) in [5.74, 6) is 0.315. The van der Waals surface area contributed by atoms with E-state index in [0.717, 1.165) is 11.0 Å². The van der Waals surface area contributed by atoms with E-state index in [0.29, 0.717) is 26.7 Å². The molecule has 0 bridgehead atoms. The van der Waals surface area contributed by atoms with Crippen molar-refractivity contribution in [3.05, 3.63) is 74.7 Å². The molecule has 0 aliphatic carbocycles. The molecule has 12 heteroatoms. The topological polar surface area (TPSA) is 97.4 Å². The van der Waals surface area contributed by atoms with Gasteiger partial charge in [-0.25, -0.2) is 13.4 Å². The number of hydrogen-bond donors (Lipinski definition) is 2. The van der Waals surface area contributed by atoms with Gasteiger partial charge in [-0.15, -0.1) is 11.3 Å². The molecular formula is C21H14Cl3N3O4S2. The highest BCUT2D eigenvalue weighted by Crippen LogP contribution is 2.34. The van der Waals surface area contributed by atoms with Crippen LogP contribution in [0.3, 0.4) is 0 Å². The monoisotopic (exact) mass is 541 g/mol. The van der Waals surface area contributed by atoms with Gasteiger partial charge < -0.3 is 10.1 Å². The number of carbonyl (C=O) groups is 1. The largest absolute Gasteiger partial charge is 0.439 e. The summed E-state index contributed by atoms with van der Waals surface area (Å²) in [6, 6.07) is 14.6. The third-order valence-electron chi connectivity index (χ3n) is 4.19. The lowest BCUT2D eigenvalue weighted by molar-refractivity contribution is 0.103. The van der Waals surface area contributed by atoms with Crippen molar-refractivity contribution in [2.45, 2.75) is 0 Å². The lowest BCUT2D eigenvalue weighted by atomic mass is 10.2. The molecule has 0 unspecified atom stereocenters. The molecule has 0 atom stereocenters. The van der Waals surface area contributed by atoms with Crippen LogP contribution in [0, 0.1) is 0 Å². The average molecular weight is 543 g/mol. The first-order valence-electron chi connectivity index (χ1n) is 9.19. The number of anilines is 2. The van der Waals surface area contributed by atoms with Gasteiger partial charge in [-0.1, -0.05) is 34.8 Å². The Bertz CT molecular complexity index is 1470. The molecule has 170 valence electrons. The summed E-state index contributed by atoms with van der Waals surface area (Å²) in [4.78, 5) is 17.3. The van der Waals surface area contributed by atoms with Crippen LogP contribution < -0.4 is 14.8 Å². The molecule has 33 heavy (non-hydrogen) atoms. The minimum atomic E-state index is -3.50. The number of hydrogen-bond acceptors (Lipinski definition) is 6. The van der Waals surface area contributed by atoms with Crippen molar-refractivity contribution in [3.63, 3.8) is 0 Å². The predicted molar refractivity (Wildman–Crippen MR) is 134 cm³/mol. The third-order valence-corrected chi connectivity index (χ3v) is 6.64. The smallest absolute Gasteiger partial charge is 0.265 e. The molecule has 1 amide bonds. The fourth-order valence-electron chi connectivity index (χ4n) is 2.87. The quantitative estimate of drug-likeness (QED) is 0.265. The van der Waals surface area contributed by atoms with Crippen LogP contribution in [0.1, 0.15) is 9.67 Å². The van der Waals surface area contributed by atoms with Crippen LogP contribution >= 0.6 is 46.1 Å². The van der Waals surface area contributed by atoms with E-state index in [4.69, 9.17) is 39.5 Å². The maximum absolute atomic E-state index is 12.8. The molecule has 4 aromatic rings. The number of thiophene rings is 1. The van der Waals surface area contributed by atoms with Crippen molar-refractivity contribution in [3.8, 4) is 11.6 Å². The number of rotatable bonds is 6. The zero-order chi connectivity index (χ0) is 23.8. The predicted octanol–water partition coefficient (Wildman–Crippen LogP) is 6.67. The molecule has 2 aromatic carbocycles. The summed E-state index contributed by atoms with van der Waals surface area (Å²) < 4.78 is 31.8. The van der Waals surface area contributed by atoms with Crippen LogP contribution in [-0.2, 0) is 10.0 Å². The molecule has 4 rings (SSSR count). The van der Waals surface area contributed by atoms with Crippen molar-refractivity contribution in [2.24, 2.45) is 0 Å². The molecule has 0 spiro atoms. The first-order chi connectivity index (χ1) is 15.6. The van der Waals surface area contributed by atoms with E-state index < -0.39 is 10.0 Å². The minimum Gasteiger partial charge on any atom is -0.439 e. The van der Waals surface area contributed by atoms with Gasteiger partial charge in [0, 0.05) is 21.5 Å². The van der Waals surface area contributed by atoms with Crippen LogP contribution in [0.15, 0.2) is 54.6 Å². The highest BCUT2D eigenvalue weighted by Gasteiger charge is 2.15. The lowest BCUT2D eigenvalue weighted by Crippen LogP contribution is -2.10. The molecule has 0 radical (unpaired) electrons. The summed E-state index contributed by atoms with van der Waals surface area (Å²) >= 11 is 19.4. The Labute approximate surface area is 208 Å². The third kappa shape index (κ3) is 6.07. The lowest BCUT2D eigenvalue weighted by Gasteiger charge is -2.08. The number of ether oxygens (including phenoxy) is 1. The van der Waals surface area contributed by atoms with Gasteiger partial charge in [0.2, 0.25) is 15.9 Å². The van der Waals surface area contributed by atoms with E-state index in [1.165, 1.54) is 23.5 Å². The molecule has 0 fully saturated rings. The standard InChI is InChI=1S/C21H14Cl3N3O4S2/c1-33(29,30)27-16-6-11-7-18(32-17(11)10-15(16)23)21(28)25-13-8-19(24)26-20(9-13)31-14-4-2-12(22)3-5-14/h2-10,27H,1H3,(H,25,26,28). The second-order valence-corrected chi connectivity index (χ2v) is 10.9. The molecular weight excluding hydrogens is 529 g/mol. The zero-order valence-corrected chi connectivity index (χ0v) is 20.6. The van der Waals surface area contributed by atoms with E-state index in [2.05, 4.69) is 15.0 Å². The molecule has 0 saturated carbocycles. The average Bonchev–Trinajstić information content (AvgIpc) is 3.11. The van der Waals surface area contributed by atoms with E-state index in [1.54, 1.807) is 42.5 Å².